The fourth-order valence-electron chi connectivity index (χ4n) is 1.39. The van der Waals surface area contributed by atoms with Gasteiger partial charge in [-0.1, -0.05) is 6.07 Å². The summed E-state index contributed by atoms with van der Waals surface area (Å²) in [6, 6.07) is 4.25. The lowest BCUT2D eigenvalue weighted by atomic mass is 10.2. The number of aliphatic hydroxyl groups excluding tert-OH is 1. The van der Waals surface area contributed by atoms with E-state index in [1.807, 2.05) is 0 Å². The lowest BCUT2D eigenvalue weighted by Crippen LogP contribution is -2.30. The van der Waals surface area contributed by atoms with Gasteiger partial charge in [-0.2, -0.15) is 11.8 Å². The lowest BCUT2D eigenvalue weighted by Gasteiger charge is -2.08. The number of thioether (sulfide) groups is 1. The molecule has 1 aromatic carbocycles. The van der Waals surface area contributed by atoms with Crippen LogP contribution < -0.4 is 10.6 Å². The van der Waals surface area contributed by atoms with Crippen molar-refractivity contribution in [2.45, 2.75) is 13.3 Å². The van der Waals surface area contributed by atoms with Crippen LogP contribution in [0.5, 0.6) is 0 Å². The molecule has 0 aliphatic heterocycles. The molecule has 0 aliphatic carbocycles. The first-order chi connectivity index (χ1) is 9.13. The summed E-state index contributed by atoms with van der Waals surface area (Å²) in [5.41, 5.74) is 0.986. The van der Waals surface area contributed by atoms with E-state index in [-0.39, 0.29) is 12.3 Å². The van der Waals surface area contributed by atoms with Crippen LogP contribution in [-0.2, 0) is 0 Å². The van der Waals surface area contributed by atoms with Gasteiger partial charge in [-0.3, -0.25) is 0 Å². The van der Waals surface area contributed by atoms with Crippen molar-refractivity contribution in [3.63, 3.8) is 0 Å². The molecule has 0 fully saturated rings. The predicted octanol–water partition coefficient (Wildman–Crippen LogP) is 2.37. The third kappa shape index (κ3) is 6.45. The fourth-order valence-corrected chi connectivity index (χ4v) is 2.18. The number of rotatable bonds is 7. The van der Waals surface area contributed by atoms with E-state index in [9.17, 15) is 9.18 Å². The standard InChI is InChI=1S/C13H19FN2O2S/c1-10-3-4-12(11(14)9-10)16-13(18)15-5-8-19-7-2-6-17/h3-4,9,17H,2,5-8H2,1H3,(H2,15,16,18). The van der Waals surface area contributed by atoms with Crippen LogP contribution in [0.1, 0.15) is 12.0 Å². The average Bonchev–Trinajstić information content (AvgIpc) is 2.37. The van der Waals surface area contributed by atoms with E-state index in [0.717, 1.165) is 23.5 Å². The number of hydrogen-bond donors (Lipinski definition) is 3. The lowest BCUT2D eigenvalue weighted by molar-refractivity contribution is 0.252. The van der Waals surface area contributed by atoms with Crippen molar-refractivity contribution in [1.29, 1.82) is 0 Å². The maximum atomic E-state index is 13.5. The summed E-state index contributed by atoms with van der Waals surface area (Å²) in [6.07, 6.45) is 0.755. The highest BCUT2D eigenvalue weighted by Crippen LogP contribution is 2.14. The van der Waals surface area contributed by atoms with Crippen molar-refractivity contribution in [3.05, 3.63) is 29.6 Å². The molecule has 0 aliphatic rings. The maximum Gasteiger partial charge on any atom is 0.319 e. The second kappa shape index (κ2) is 8.77. The Bertz CT molecular complexity index is 416. The third-order valence-corrected chi connectivity index (χ3v) is 3.42. The van der Waals surface area contributed by atoms with Crippen LogP contribution in [-0.4, -0.2) is 35.8 Å². The maximum absolute atomic E-state index is 13.5. The molecule has 0 spiro atoms. The van der Waals surface area contributed by atoms with E-state index in [0.29, 0.717) is 6.54 Å². The summed E-state index contributed by atoms with van der Waals surface area (Å²) in [5.74, 6) is 1.20. The van der Waals surface area contributed by atoms with Crippen LogP contribution in [0.15, 0.2) is 18.2 Å². The highest BCUT2D eigenvalue weighted by molar-refractivity contribution is 7.99. The van der Waals surface area contributed by atoms with Crippen molar-refractivity contribution in [2.24, 2.45) is 0 Å². The Morgan fingerprint density at radius 2 is 2.21 bits per heavy atom. The van der Waals surface area contributed by atoms with E-state index in [1.54, 1.807) is 30.8 Å². The summed E-state index contributed by atoms with van der Waals surface area (Å²) in [5, 5.41) is 13.7. The van der Waals surface area contributed by atoms with Gasteiger partial charge in [0.15, 0.2) is 0 Å². The molecular weight excluding hydrogens is 267 g/mol. The number of carbonyl (C=O) groups excluding carboxylic acids is 1. The first-order valence-corrected chi connectivity index (χ1v) is 7.28. The summed E-state index contributed by atoms with van der Waals surface area (Å²) in [7, 11) is 0. The number of aryl methyl sites for hydroxylation is 1. The van der Waals surface area contributed by atoms with Crippen molar-refractivity contribution in [1.82, 2.24) is 5.32 Å². The summed E-state index contributed by atoms with van der Waals surface area (Å²) >= 11 is 1.65. The fraction of sp³-hybridized carbons (Fsp3) is 0.462. The number of nitrogens with one attached hydrogen (secondary N) is 2. The van der Waals surface area contributed by atoms with Gasteiger partial charge in [0, 0.05) is 18.9 Å². The van der Waals surface area contributed by atoms with Gasteiger partial charge in [-0.15, -0.1) is 0 Å². The van der Waals surface area contributed by atoms with Crippen LogP contribution >= 0.6 is 11.8 Å². The van der Waals surface area contributed by atoms with Crippen LogP contribution in [0.2, 0.25) is 0 Å². The number of hydrogen-bond acceptors (Lipinski definition) is 3. The zero-order valence-electron chi connectivity index (χ0n) is 10.9. The zero-order valence-corrected chi connectivity index (χ0v) is 11.7. The second-order valence-electron chi connectivity index (χ2n) is 4.05. The van der Waals surface area contributed by atoms with E-state index >= 15 is 0 Å². The monoisotopic (exact) mass is 286 g/mol. The third-order valence-electron chi connectivity index (χ3n) is 2.35. The number of amides is 2. The average molecular weight is 286 g/mol. The molecule has 1 rings (SSSR count). The molecule has 0 saturated carbocycles. The molecule has 4 nitrogen and oxygen atoms in total. The number of anilines is 1. The van der Waals surface area contributed by atoms with Gasteiger partial charge in [0.1, 0.15) is 5.82 Å². The van der Waals surface area contributed by atoms with E-state index in [1.165, 1.54) is 6.07 Å². The summed E-state index contributed by atoms with van der Waals surface area (Å²) in [6.45, 7) is 2.49. The molecule has 0 bridgehead atoms. The molecule has 0 aromatic heterocycles. The SMILES string of the molecule is Cc1ccc(NC(=O)NCCSCCCO)c(F)c1. The molecule has 0 unspecified atom stereocenters. The van der Waals surface area contributed by atoms with Gasteiger partial charge in [0.25, 0.3) is 0 Å². The Morgan fingerprint density at radius 3 is 2.89 bits per heavy atom. The van der Waals surface area contributed by atoms with Crippen molar-refractivity contribution >= 4 is 23.5 Å². The molecule has 0 saturated heterocycles. The molecule has 19 heavy (non-hydrogen) atoms. The molecule has 0 heterocycles. The van der Waals surface area contributed by atoms with Crippen molar-refractivity contribution in [2.75, 3.05) is 30.0 Å². The van der Waals surface area contributed by atoms with Crippen LogP contribution in [0.3, 0.4) is 0 Å². The Kier molecular flexibility index (Phi) is 7.28. The van der Waals surface area contributed by atoms with Crippen LogP contribution in [0.4, 0.5) is 14.9 Å². The van der Waals surface area contributed by atoms with E-state index in [4.69, 9.17) is 5.11 Å². The van der Waals surface area contributed by atoms with Gasteiger partial charge in [0.05, 0.1) is 5.69 Å². The Labute approximate surface area is 116 Å². The van der Waals surface area contributed by atoms with Gasteiger partial charge < -0.3 is 15.7 Å². The molecule has 6 heteroatoms. The van der Waals surface area contributed by atoms with E-state index in [2.05, 4.69) is 10.6 Å². The van der Waals surface area contributed by atoms with Gasteiger partial charge >= 0.3 is 6.03 Å². The van der Waals surface area contributed by atoms with Gasteiger partial charge in [-0.25, -0.2) is 9.18 Å². The summed E-state index contributed by atoms with van der Waals surface area (Å²) in [4.78, 5) is 11.5. The number of halogens is 1. The predicted molar refractivity (Wildman–Crippen MR) is 77.2 cm³/mol. The Morgan fingerprint density at radius 1 is 1.42 bits per heavy atom. The minimum atomic E-state index is -0.438. The Balaban J connectivity index is 2.23. The quantitative estimate of drug-likeness (QED) is 0.674. The molecule has 106 valence electrons. The molecular formula is C13H19FN2O2S. The minimum Gasteiger partial charge on any atom is -0.396 e. The smallest absolute Gasteiger partial charge is 0.319 e. The second-order valence-corrected chi connectivity index (χ2v) is 5.28. The highest BCUT2D eigenvalue weighted by Gasteiger charge is 2.05. The molecule has 1 aromatic rings. The minimum absolute atomic E-state index is 0.177. The molecule has 0 radical (unpaired) electrons. The highest BCUT2D eigenvalue weighted by atomic mass is 32.2. The van der Waals surface area contributed by atoms with E-state index < -0.39 is 11.8 Å². The zero-order chi connectivity index (χ0) is 14.1. The van der Waals surface area contributed by atoms with Gasteiger partial charge in [-0.05, 0) is 36.8 Å². The van der Waals surface area contributed by atoms with Crippen molar-refractivity contribution in [3.8, 4) is 0 Å². The first-order valence-electron chi connectivity index (χ1n) is 6.13. The molecule has 2 amide bonds. The number of aliphatic hydroxyl groups is 1. The number of benzene rings is 1. The van der Waals surface area contributed by atoms with Crippen LogP contribution in [0.25, 0.3) is 0 Å². The first kappa shape index (κ1) is 15.8. The summed E-state index contributed by atoms with van der Waals surface area (Å²) < 4.78 is 13.5. The molecule has 0 atom stereocenters. The largest absolute Gasteiger partial charge is 0.396 e. The topological polar surface area (TPSA) is 61.4 Å². The number of urea groups is 1. The van der Waals surface area contributed by atoms with Crippen molar-refractivity contribution < 1.29 is 14.3 Å². The van der Waals surface area contributed by atoms with Gasteiger partial charge in [0.2, 0.25) is 0 Å². The van der Waals surface area contributed by atoms with Crippen LogP contribution in [0, 0.1) is 12.7 Å². The normalized spacial score (nSPS) is 10.3. The molecule has 3 N–H and O–H groups in total. The Hall–Kier alpha value is -1.27. The number of carbonyl (C=O) groups is 1.